The van der Waals surface area contributed by atoms with Crippen LogP contribution in [0.5, 0.6) is 0 Å². The van der Waals surface area contributed by atoms with E-state index >= 15 is 0 Å². The summed E-state index contributed by atoms with van der Waals surface area (Å²) >= 11 is 1.74. The van der Waals surface area contributed by atoms with E-state index in [4.69, 9.17) is 4.74 Å². The van der Waals surface area contributed by atoms with Crippen molar-refractivity contribution in [3.05, 3.63) is 22.4 Å². The molecule has 2 heterocycles. The summed E-state index contributed by atoms with van der Waals surface area (Å²) in [7, 11) is 1.86. The SMILES string of the molecule is CN=C(NCc1ccsc1)NC1C2CCOC2C12CCC2.I. The van der Waals surface area contributed by atoms with Gasteiger partial charge in [0.05, 0.1) is 6.10 Å². The predicted octanol–water partition coefficient (Wildman–Crippen LogP) is 2.99. The molecule has 0 bridgehead atoms. The molecule has 3 unspecified atom stereocenters. The Hall–Kier alpha value is -0.340. The van der Waals surface area contributed by atoms with Crippen LogP contribution in [0.2, 0.25) is 0 Å². The summed E-state index contributed by atoms with van der Waals surface area (Å²) in [6, 6.07) is 2.70. The maximum Gasteiger partial charge on any atom is 0.191 e. The summed E-state index contributed by atoms with van der Waals surface area (Å²) in [6.45, 7) is 1.78. The number of hydrogen-bond donors (Lipinski definition) is 2. The molecule has 4 rings (SSSR count). The Balaban J connectivity index is 0.00000144. The molecule has 4 nitrogen and oxygen atoms in total. The zero-order valence-corrected chi connectivity index (χ0v) is 16.0. The molecule has 2 saturated carbocycles. The monoisotopic (exact) mass is 433 g/mol. The lowest BCUT2D eigenvalue weighted by molar-refractivity contribution is -0.171. The van der Waals surface area contributed by atoms with Crippen molar-refractivity contribution in [2.75, 3.05) is 13.7 Å². The molecule has 0 radical (unpaired) electrons. The second-order valence-electron chi connectivity index (χ2n) is 6.51. The number of nitrogens with zero attached hydrogens (tertiary/aromatic N) is 1. The number of fused-ring (bicyclic) bond motifs is 2. The van der Waals surface area contributed by atoms with Gasteiger partial charge in [-0.2, -0.15) is 11.3 Å². The third kappa shape index (κ3) is 2.57. The molecule has 1 saturated heterocycles. The first-order valence-corrected chi connectivity index (χ1v) is 8.88. The molecule has 1 aromatic heterocycles. The number of ether oxygens (including phenoxy) is 1. The summed E-state index contributed by atoms with van der Waals surface area (Å²) in [5.41, 5.74) is 1.72. The van der Waals surface area contributed by atoms with E-state index in [0.29, 0.717) is 23.5 Å². The van der Waals surface area contributed by atoms with Gasteiger partial charge in [-0.1, -0.05) is 6.42 Å². The minimum absolute atomic E-state index is 0. The van der Waals surface area contributed by atoms with Crippen molar-refractivity contribution in [2.24, 2.45) is 16.3 Å². The molecule has 1 aromatic rings. The maximum atomic E-state index is 5.98. The number of hydrogen-bond acceptors (Lipinski definition) is 3. The molecule has 0 aromatic carbocycles. The van der Waals surface area contributed by atoms with E-state index in [1.165, 1.54) is 31.2 Å². The number of halogens is 1. The summed E-state index contributed by atoms with van der Waals surface area (Å²) in [4.78, 5) is 4.40. The fourth-order valence-electron chi connectivity index (χ4n) is 4.38. The Labute approximate surface area is 153 Å². The van der Waals surface area contributed by atoms with E-state index in [1.54, 1.807) is 11.3 Å². The Morgan fingerprint density at radius 3 is 3.00 bits per heavy atom. The van der Waals surface area contributed by atoms with E-state index in [9.17, 15) is 0 Å². The van der Waals surface area contributed by atoms with E-state index in [0.717, 1.165) is 19.1 Å². The predicted molar refractivity (Wildman–Crippen MR) is 101 cm³/mol. The van der Waals surface area contributed by atoms with Gasteiger partial charge in [0.15, 0.2) is 5.96 Å². The minimum atomic E-state index is 0. The Kier molecular flexibility index (Phi) is 4.99. The maximum absolute atomic E-state index is 5.98. The highest BCUT2D eigenvalue weighted by Gasteiger charge is 2.66. The van der Waals surface area contributed by atoms with Crippen molar-refractivity contribution in [3.8, 4) is 0 Å². The topological polar surface area (TPSA) is 45.7 Å². The van der Waals surface area contributed by atoms with Gasteiger partial charge in [0.1, 0.15) is 0 Å². The Morgan fingerprint density at radius 2 is 2.36 bits per heavy atom. The standard InChI is InChI=1S/C16H23N3OS.HI/c1-17-15(18-9-11-4-8-21-10-11)19-13-12-3-7-20-14(12)16(13)5-2-6-16;/h4,8,10,12-14H,2-3,5-7,9H2,1H3,(H2,17,18,19);1H. The summed E-state index contributed by atoms with van der Waals surface area (Å²) in [5, 5.41) is 11.4. The lowest BCUT2D eigenvalue weighted by Crippen LogP contribution is -2.72. The van der Waals surface area contributed by atoms with Crippen LogP contribution in [0.3, 0.4) is 0 Å². The van der Waals surface area contributed by atoms with Crippen LogP contribution in [0.4, 0.5) is 0 Å². The highest BCUT2D eigenvalue weighted by molar-refractivity contribution is 14.0. The van der Waals surface area contributed by atoms with Gasteiger partial charge in [-0.15, -0.1) is 24.0 Å². The summed E-state index contributed by atoms with van der Waals surface area (Å²) in [6.07, 6.45) is 5.69. The van der Waals surface area contributed by atoms with Gasteiger partial charge >= 0.3 is 0 Å². The highest BCUT2D eigenvalue weighted by atomic mass is 127. The van der Waals surface area contributed by atoms with Crippen LogP contribution in [0.15, 0.2) is 21.8 Å². The molecule has 0 amide bonds. The minimum Gasteiger partial charge on any atom is -0.377 e. The van der Waals surface area contributed by atoms with Gasteiger partial charge in [-0.05, 0) is 41.7 Å². The molecule has 2 N–H and O–H groups in total. The lowest BCUT2D eigenvalue weighted by atomic mass is 9.46. The fourth-order valence-corrected chi connectivity index (χ4v) is 5.05. The van der Waals surface area contributed by atoms with Gasteiger partial charge in [0, 0.05) is 37.6 Å². The average Bonchev–Trinajstić information content (AvgIpc) is 3.08. The van der Waals surface area contributed by atoms with Crippen LogP contribution in [0.1, 0.15) is 31.2 Å². The first-order chi connectivity index (χ1) is 10.3. The highest BCUT2D eigenvalue weighted by Crippen LogP contribution is 2.62. The van der Waals surface area contributed by atoms with Crippen molar-refractivity contribution >= 4 is 41.3 Å². The third-order valence-electron chi connectivity index (χ3n) is 5.59. The molecule has 22 heavy (non-hydrogen) atoms. The van der Waals surface area contributed by atoms with E-state index in [-0.39, 0.29) is 24.0 Å². The number of aliphatic imine (C=N–C) groups is 1. The zero-order chi connectivity index (χ0) is 14.3. The summed E-state index contributed by atoms with van der Waals surface area (Å²) < 4.78 is 5.98. The van der Waals surface area contributed by atoms with Crippen molar-refractivity contribution < 1.29 is 4.74 Å². The molecule has 1 spiro atoms. The van der Waals surface area contributed by atoms with Crippen molar-refractivity contribution in [2.45, 2.75) is 44.4 Å². The van der Waals surface area contributed by atoms with E-state index in [1.807, 2.05) is 7.05 Å². The van der Waals surface area contributed by atoms with Gasteiger partial charge in [-0.25, -0.2) is 0 Å². The lowest BCUT2D eigenvalue weighted by Gasteiger charge is -2.63. The van der Waals surface area contributed by atoms with Crippen LogP contribution in [-0.2, 0) is 11.3 Å². The Morgan fingerprint density at radius 1 is 1.50 bits per heavy atom. The van der Waals surface area contributed by atoms with Crippen molar-refractivity contribution in [3.63, 3.8) is 0 Å². The second kappa shape index (κ2) is 6.65. The molecular weight excluding hydrogens is 409 g/mol. The molecule has 3 fully saturated rings. The first-order valence-electron chi connectivity index (χ1n) is 7.93. The molecule has 1 aliphatic heterocycles. The van der Waals surface area contributed by atoms with Crippen LogP contribution in [-0.4, -0.2) is 31.8 Å². The van der Waals surface area contributed by atoms with Crippen LogP contribution < -0.4 is 10.6 Å². The van der Waals surface area contributed by atoms with Crippen LogP contribution >= 0.6 is 35.3 Å². The average molecular weight is 433 g/mol. The number of nitrogens with one attached hydrogen (secondary N) is 2. The van der Waals surface area contributed by atoms with Gasteiger partial charge < -0.3 is 15.4 Å². The molecular formula is C16H24IN3OS. The zero-order valence-electron chi connectivity index (χ0n) is 12.9. The fraction of sp³-hybridized carbons (Fsp3) is 0.688. The van der Waals surface area contributed by atoms with E-state index < -0.39 is 0 Å². The third-order valence-corrected chi connectivity index (χ3v) is 6.32. The Bertz CT molecular complexity index is 530. The molecule has 3 atom stereocenters. The summed E-state index contributed by atoms with van der Waals surface area (Å²) in [5.74, 6) is 1.62. The van der Waals surface area contributed by atoms with Crippen molar-refractivity contribution in [1.82, 2.24) is 10.6 Å². The molecule has 6 heteroatoms. The number of thiophene rings is 1. The van der Waals surface area contributed by atoms with Gasteiger partial charge in [0.2, 0.25) is 0 Å². The van der Waals surface area contributed by atoms with Gasteiger partial charge in [0.25, 0.3) is 0 Å². The molecule has 2 aliphatic carbocycles. The number of guanidine groups is 1. The van der Waals surface area contributed by atoms with Gasteiger partial charge in [-0.3, -0.25) is 4.99 Å². The quantitative estimate of drug-likeness (QED) is 0.438. The van der Waals surface area contributed by atoms with Crippen molar-refractivity contribution in [1.29, 1.82) is 0 Å². The normalized spacial score (nSPS) is 31.7. The van der Waals surface area contributed by atoms with Crippen LogP contribution in [0, 0.1) is 11.3 Å². The smallest absolute Gasteiger partial charge is 0.191 e. The molecule has 122 valence electrons. The number of rotatable bonds is 3. The molecule has 3 aliphatic rings. The van der Waals surface area contributed by atoms with E-state index in [2.05, 4.69) is 32.5 Å². The second-order valence-corrected chi connectivity index (χ2v) is 7.29. The largest absolute Gasteiger partial charge is 0.377 e. The first kappa shape index (κ1) is 16.5. The van der Waals surface area contributed by atoms with Crippen LogP contribution in [0.25, 0.3) is 0 Å².